The molecule has 0 bridgehead atoms. The summed E-state index contributed by atoms with van der Waals surface area (Å²) in [5.74, 6) is -26.4. The second-order valence-electron chi connectivity index (χ2n) is 4.59. The minimum Gasteiger partial charge on any atom is -0.430 e. The van der Waals surface area contributed by atoms with Crippen LogP contribution in [0.1, 0.15) is 0 Å². The second-order valence-corrected chi connectivity index (χ2v) is 5.45. The molecule has 1 aromatic rings. The van der Waals surface area contributed by atoms with Gasteiger partial charge in [-0.1, -0.05) is 0 Å². The molecule has 2 N–H and O–H groups in total. The van der Waals surface area contributed by atoms with E-state index in [1.54, 1.807) is 0 Å². The Morgan fingerprint density at radius 2 is 1.38 bits per heavy atom. The van der Waals surface area contributed by atoms with Crippen LogP contribution in [0.2, 0.25) is 0 Å². The van der Waals surface area contributed by atoms with Gasteiger partial charge in [0.15, 0.2) is 0 Å². The summed E-state index contributed by atoms with van der Waals surface area (Å²) in [5.41, 5.74) is 5.31. The Labute approximate surface area is 145 Å². The van der Waals surface area contributed by atoms with Gasteiger partial charge in [0, 0.05) is 10.2 Å². The van der Waals surface area contributed by atoms with Gasteiger partial charge in [-0.2, -0.15) is 48.3 Å². The van der Waals surface area contributed by atoms with Crippen LogP contribution in [0.25, 0.3) is 0 Å². The van der Waals surface area contributed by atoms with E-state index >= 15 is 0 Å². The van der Waals surface area contributed by atoms with Gasteiger partial charge < -0.3 is 10.5 Å². The highest BCUT2D eigenvalue weighted by Gasteiger charge is 2.83. The number of anilines is 1. The Kier molecular flexibility index (Phi) is 5.81. The normalized spacial score (nSPS) is 14.9. The Morgan fingerprint density at radius 3 is 1.81 bits per heavy atom. The van der Waals surface area contributed by atoms with E-state index in [4.69, 9.17) is 5.73 Å². The lowest BCUT2D eigenvalue weighted by Crippen LogP contribution is -2.61. The van der Waals surface area contributed by atoms with E-state index in [0.29, 0.717) is 0 Å². The summed E-state index contributed by atoms with van der Waals surface area (Å²) in [6.07, 6.45) is -7.17. The summed E-state index contributed by atoms with van der Waals surface area (Å²) >= 11 is 2.76. The summed E-state index contributed by atoms with van der Waals surface area (Å²) in [4.78, 5) is 0. The van der Waals surface area contributed by atoms with Crippen molar-refractivity contribution < 1.29 is 53.0 Å². The van der Waals surface area contributed by atoms with Crippen LogP contribution in [-0.2, 0) is 0 Å². The third kappa shape index (κ3) is 3.69. The molecule has 0 amide bonds. The summed E-state index contributed by atoms with van der Waals surface area (Å²) in [5, 5.41) is 0. The Bertz CT molecular complexity index is 714. The molecule has 0 aliphatic carbocycles. The predicted octanol–water partition coefficient (Wildman–Crippen LogP) is 5.99. The summed E-state index contributed by atoms with van der Waals surface area (Å²) < 4.78 is 144. The highest BCUT2D eigenvalue weighted by Crippen LogP contribution is 2.55. The van der Waals surface area contributed by atoms with Gasteiger partial charge in [0.05, 0.1) is 0 Å². The number of alkyl halides is 9. The molecule has 0 heterocycles. The fourth-order valence-electron chi connectivity index (χ4n) is 1.36. The minimum absolute atomic E-state index is 0.00360. The van der Waals surface area contributed by atoms with Gasteiger partial charge in [0.25, 0.3) is 0 Å². The van der Waals surface area contributed by atoms with E-state index in [9.17, 15) is 48.3 Å². The van der Waals surface area contributed by atoms with E-state index in [2.05, 4.69) is 20.7 Å². The third-order valence-electron chi connectivity index (χ3n) is 2.77. The quantitative estimate of drug-likeness (QED) is 0.328. The van der Waals surface area contributed by atoms with Gasteiger partial charge in [0.1, 0.15) is 5.75 Å². The van der Waals surface area contributed by atoms with Crippen LogP contribution in [0.15, 0.2) is 34.5 Å². The molecule has 1 rings (SSSR count). The van der Waals surface area contributed by atoms with Gasteiger partial charge in [-0.15, -0.1) is 0 Å². The SMILES string of the molecule is Nc1ccc(OC(F)=C(F)C(F)(F)C(F)(F)C(F)(F)C(F)(F)F)cc1Br. The van der Waals surface area contributed by atoms with E-state index in [0.717, 1.165) is 18.2 Å². The lowest BCUT2D eigenvalue weighted by molar-refractivity contribution is -0.392. The molecule has 0 saturated heterocycles. The molecule has 0 fully saturated rings. The zero-order chi connectivity index (χ0) is 20.7. The summed E-state index contributed by atoms with van der Waals surface area (Å²) in [6, 6.07) is -0.685. The lowest BCUT2D eigenvalue weighted by Gasteiger charge is -2.32. The molecule has 2 nitrogen and oxygen atoms in total. The second kappa shape index (κ2) is 6.78. The molecule has 14 heteroatoms. The molecule has 0 saturated carbocycles. The van der Waals surface area contributed by atoms with Gasteiger partial charge in [0.2, 0.25) is 5.83 Å². The van der Waals surface area contributed by atoms with Crippen LogP contribution in [0, 0.1) is 0 Å². The lowest BCUT2D eigenvalue weighted by atomic mass is 10.0. The van der Waals surface area contributed by atoms with Crippen molar-refractivity contribution in [3.05, 3.63) is 34.5 Å². The van der Waals surface area contributed by atoms with Crippen molar-refractivity contribution in [1.29, 1.82) is 0 Å². The number of hydrogen-bond donors (Lipinski definition) is 1. The zero-order valence-electron chi connectivity index (χ0n) is 11.8. The van der Waals surface area contributed by atoms with Crippen LogP contribution in [-0.4, -0.2) is 23.9 Å². The smallest absolute Gasteiger partial charge is 0.430 e. The number of rotatable bonds is 5. The molecule has 0 unspecified atom stereocenters. The van der Waals surface area contributed by atoms with Gasteiger partial charge in [-0.25, -0.2) is 0 Å². The Morgan fingerprint density at radius 1 is 0.885 bits per heavy atom. The fourth-order valence-corrected chi connectivity index (χ4v) is 1.71. The number of nitrogen functional groups attached to an aromatic ring is 1. The molecule has 148 valence electrons. The van der Waals surface area contributed by atoms with Crippen LogP contribution in [0.4, 0.5) is 54.0 Å². The van der Waals surface area contributed by atoms with Crippen LogP contribution in [0.5, 0.6) is 5.75 Å². The molecule has 0 atom stereocenters. The maximum absolute atomic E-state index is 13.3. The number of ether oxygens (including phenoxy) is 1. The Balaban J connectivity index is 3.31. The van der Waals surface area contributed by atoms with E-state index < -0.39 is 41.5 Å². The summed E-state index contributed by atoms with van der Waals surface area (Å²) in [6.45, 7) is 0. The Hall–Kier alpha value is -1.73. The first-order chi connectivity index (χ1) is 11.5. The van der Waals surface area contributed by atoms with Crippen molar-refractivity contribution >= 4 is 21.6 Å². The number of nitrogens with two attached hydrogens (primary N) is 1. The van der Waals surface area contributed by atoms with Crippen molar-refractivity contribution in [2.75, 3.05) is 5.73 Å². The van der Waals surface area contributed by atoms with Crippen molar-refractivity contribution in [3.63, 3.8) is 0 Å². The number of halogens is 12. The largest absolute Gasteiger partial charge is 0.460 e. The van der Waals surface area contributed by atoms with Crippen molar-refractivity contribution in [2.45, 2.75) is 23.9 Å². The highest BCUT2D eigenvalue weighted by molar-refractivity contribution is 9.10. The molecule has 1 aromatic carbocycles. The van der Waals surface area contributed by atoms with Gasteiger partial charge in [-0.3, -0.25) is 0 Å². The number of hydrogen-bond acceptors (Lipinski definition) is 2. The third-order valence-corrected chi connectivity index (χ3v) is 3.46. The average Bonchev–Trinajstić information content (AvgIpc) is 2.48. The van der Waals surface area contributed by atoms with Crippen molar-refractivity contribution in [2.24, 2.45) is 0 Å². The molecule has 0 aliphatic heterocycles. The van der Waals surface area contributed by atoms with E-state index in [-0.39, 0.29) is 10.2 Å². The maximum atomic E-state index is 13.3. The average molecular weight is 468 g/mol. The first-order valence-corrected chi connectivity index (χ1v) is 6.75. The molecule has 0 aliphatic rings. The van der Waals surface area contributed by atoms with Crippen molar-refractivity contribution in [1.82, 2.24) is 0 Å². The van der Waals surface area contributed by atoms with Crippen LogP contribution in [0.3, 0.4) is 0 Å². The monoisotopic (exact) mass is 467 g/mol. The predicted molar refractivity (Wildman–Crippen MR) is 69.3 cm³/mol. The number of allylic oxidation sites excluding steroid dienone is 1. The molecular formula is C12H5BrF11NO. The van der Waals surface area contributed by atoms with E-state index in [1.807, 2.05) is 0 Å². The molecular weight excluding hydrogens is 463 g/mol. The highest BCUT2D eigenvalue weighted by atomic mass is 79.9. The molecule has 0 spiro atoms. The first kappa shape index (κ1) is 22.3. The summed E-state index contributed by atoms with van der Waals surface area (Å²) in [7, 11) is 0. The van der Waals surface area contributed by atoms with E-state index in [1.165, 1.54) is 0 Å². The molecule has 0 radical (unpaired) electrons. The first-order valence-electron chi connectivity index (χ1n) is 5.95. The molecule has 0 aromatic heterocycles. The van der Waals surface area contributed by atoms with Gasteiger partial charge >= 0.3 is 30.0 Å². The fraction of sp³-hybridized carbons (Fsp3) is 0.333. The minimum atomic E-state index is -7.37. The van der Waals surface area contributed by atoms with Crippen LogP contribution >= 0.6 is 15.9 Å². The zero-order valence-corrected chi connectivity index (χ0v) is 13.3. The van der Waals surface area contributed by atoms with Crippen LogP contribution < -0.4 is 10.5 Å². The van der Waals surface area contributed by atoms with Crippen molar-refractivity contribution in [3.8, 4) is 5.75 Å². The standard InChI is InChI=1S/C12H5BrF11NO/c13-5-3-4(1-2-6(5)25)26-8(15)7(14)9(16,17)10(18,19)11(20,21)12(22,23)24/h1-3H,25H2. The topological polar surface area (TPSA) is 35.2 Å². The molecule has 26 heavy (non-hydrogen) atoms. The van der Waals surface area contributed by atoms with Gasteiger partial charge in [-0.05, 0) is 34.1 Å². The maximum Gasteiger partial charge on any atom is 0.460 e. The number of benzene rings is 1.